The van der Waals surface area contributed by atoms with E-state index >= 15 is 0 Å². The molecule has 0 saturated carbocycles. The summed E-state index contributed by atoms with van der Waals surface area (Å²) in [6, 6.07) is 7.58. The first kappa shape index (κ1) is 21.8. The molecular weight excluding hydrogens is 410 g/mol. The quantitative estimate of drug-likeness (QED) is 0.549. The van der Waals surface area contributed by atoms with Gasteiger partial charge in [0.1, 0.15) is 10.6 Å². The number of ether oxygens (including phenoxy) is 1. The minimum Gasteiger partial charge on any atom is -0.379 e. The number of aromatic amines is 1. The summed E-state index contributed by atoms with van der Waals surface area (Å²) in [5, 5.41) is 8.08. The van der Waals surface area contributed by atoms with Crippen LogP contribution in [0.25, 0.3) is 0 Å². The molecule has 3 amide bonds. The maximum atomic E-state index is 12.7. The van der Waals surface area contributed by atoms with Gasteiger partial charge in [-0.15, -0.1) is 0 Å². The zero-order valence-electron chi connectivity index (χ0n) is 16.8. The number of urea groups is 1. The Morgan fingerprint density at radius 2 is 1.73 bits per heavy atom. The van der Waals surface area contributed by atoms with Crippen molar-refractivity contribution < 1.29 is 22.7 Å². The standard InChI is InChI=1S/C19H25N5O5S/c1-13(2)21-19(26)23-16-6-4-3-5-15(16)22-18(25)17-11-14(12-20-17)30(27,28)24-7-9-29-10-8-24/h3-6,11-13,20H,7-10H2,1-2H3,(H,22,25)(H2,21,23,26). The Labute approximate surface area is 175 Å². The summed E-state index contributed by atoms with van der Waals surface area (Å²) in [6.07, 6.45) is 1.29. The van der Waals surface area contributed by atoms with Crippen LogP contribution in [0.3, 0.4) is 0 Å². The number of morpholine rings is 1. The van der Waals surface area contributed by atoms with Gasteiger partial charge in [0.25, 0.3) is 5.91 Å². The van der Waals surface area contributed by atoms with Crippen molar-refractivity contribution in [2.24, 2.45) is 0 Å². The van der Waals surface area contributed by atoms with E-state index in [9.17, 15) is 18.0 Å². The van der Waals surface area contributed by atoms with Gasteiger partial charge in [-0.05, 0) is 32.0 Å². The lowest BCUT2D eigenvalue weighted by molar-refractivity contribution is 0.0730. The van der Waals surface area contributed by atoms with E-state index in [1.54, 1.807) is 24.3 Å². The van der Waals surface area contributed by atoms with Crippen LogP contribution in [-0.4, -0.2) is 62.0 Å². The number of H-pyrrole nitrogens is 1. The Morgan fingerprint density at radius 3 is 2.37 bits per heavy atom. The molecule has 0 unspecified atom stereocenters. The average molecular weight is 436 g/mol. The van der Waals surface area contributed by atoms with Crippen molar-refractivity contribution >= 4 is 33.3 Å². The van der Waals surface area contributed by atoms with Gasteiger partial charge in [-0.2, -0.15) is 4.31 Å². The lowest BCUT2D eigenvalue weighted by Crippen LogP contribution is -2.40. The lowest BCUT2D eigenvalue weighted by Gasteiger charge is -2.25. The minimum absolute atomic E-state index is 0.0114. The number of sulfonamides is 1. The summed E-state index contributed by atoms with van der Waals surface area (Å²) in [7, 11) is -3.71. The highest BCUT2D eigenvalue weighted by atomic mass is 32.2. The van der Waals surface area contributed by atoms with E-state index in [0.29, 0.717) is 24.6 Å². The van der Waals surface area contributed by atoms with Crippen LogP contribution >= 0.6 is 0 Å². The fourth-order valence-corrected chi connectivity index (χ4v) is 4.30. The molecule has 2 aromatic rings. The van der Waals surface area contributed by atoms with Gasteiger partial charge in [-0.3, -0.25) is 4.79 Å². The van der Waals surface area contributed by atoms with E-state index in [0.717, 1.165) is 0 Å². The van der Waals surface area contributed by atoms with E-state index in [4.69, 9.17) is 4.74 Å². The third kappa shape index (κ3) is 5.17. The predicted octanol–water partition coefficient (Wildman–Crippen LogP) is 1.82. The molecule has 1 fully saturated rings. The van der Waals surface area contributed by atoms with Gasteiger partial charge in [0, 0.05) is 25.3 Å². The first-order valence-corrected chi connectivity index (χ1v) is 11.0. The molecule has 0 atom stereocenters. The second-order valence-corrected chi connectivity index (χ2v) is 8.96. The van der Waals surface area contributed by atoms with Crippen molar-refractivity contribution in [2.75, 3.05) is 36.9 Å². The Hall–Kier alpha value is -2.89. The third-order valence-corrected chi connectivity index (χ3v) is 6.23. The number of carbonyl (C=O) groups excluding carboxylic acids is 2. The number of hydrogen-bond acceptors (Lipinski definition) is 5. The number of carbonyl (C=O) groups is 2. The molecule has 0 aliphatic carbocycles. The van der Waals surface area contributed by atoms with Crippen molar-refractivity contribution in [3.8, 4) is 0 Å². The Bertz CT molecular complexity index is 1010. The molecule has 1 saturated heterocycles. The van der Waals surface area contributed by atoms with Crippen molar-refractivity contribution in [3.05, 3.63) is 42.2 Å². The second kappa shape index (κ2) is 9.28. The molecule has 10 nitrogen and oxygen atoms in total. The molecule has 2 heterocycles. The summed E-state index contributed by atoms with van der Waals surface area (Å²) in [5.74, 6) is -0.531. The topological polar surface area (TPSA) is 133 Å². The van der Waals surface area contributed by atoms with Crippen LogP contribution in [0.4, 0.5) is 16.2 Å². The van der Waals surface area contributed by atoms with Gasteiger partial charge in [-0.1, -0.05) is 12.1 Å². The van der Waals surface area contributed by atoms with E-state index in [-0.39, 0.29) is 29.7 Å². The van der Waals surface area contributed by atoms with Crippen molar-refractivity contribution in [1.82, 2.24) is 14.6 Å². The van der Waals surface area contributed by atoms with E-state index in [1.807, 2.05) is 13.8 Å². The fourth-order valence-electron chi connectivity index (χ4n) is 2.90. The highest BCUT2D eigenvalue weighted by molar-refractivity contribution is 7.89. The van der Waals surface area contributed by atoms with E-state index in [1.165, 1.54) is 16.6 Å². The molecule has 1 aromatic heterocycles. The predicted molar refractivity (Wildman–Crippen MR) is 112 cm³/mol. The number of nitrogens with zero attached hydrogens (tertiary/aromatic N) is 1. The lowest BCUT2D eigenvalue weighted by atomic mass is 10.2. The van der Waals surface area contributed by atoms with Crippen LogP contribution < -0.4 is 16.0 Å². The molecular formula is C19H25N5O5S. The monoisotopic (exact) mass is 435 g/mol. The summed E-state index contributed by atoms with van der Waals surface area (Å²) in [5.41, 5.74) is 0.883. The largest absolute Gasteiger partial charge is 0.379 e. The third-order valence-electron chi connectivity index (χ3n) is 4.35. The van der Waals surface area contributed by atoms with Gasteiger partial charge in [0.15, 0.2) is 0 Å². The second-order valence-electron chi connectivity index (χ2n) is 7.02. The maximum absolute atomic E-state index is 12.7. The molecule has 3 rings (SSSR count). The van der Waals surface area contributed by atoms with Crippen molar-refractivity contribution in [3.63, 3.8) is 0 Å². The SMILES string of the molecule is CC(C)NC(=O)Nc1ccccc1NC(=O)c1cc(S(=O)(=O)N2CCOCC2)c[nH]1. The van der Waals surface area contributed by atoms with Crippen molar-refractivity contribution in [1.29, 1.82) is 0 Å². The zero-order chi connectivity index (χ0) is 21.7. The van der Waals surface area contributed by atoms with E-state index in [2.05, 4.69) is 20.9 Å². The summed E-state index contributed by atoms with van der Waals surface area (Å²) < 4.78 is 31.9. The highest BCUT2D eigenvalue weighted by Gasteiger charge is 2.28. The number of anilines is 2. The molecule has 1 aliphatic heterocycles. The van der Waals surface area contributed by atoms with Crippen LogP contribution in [0.15, 0.2) is 41.4 Å². The molecule has 1 aliphatic rings. The molecule has 4 N–H and O–H groups in total. The molecule has 162 valence electrons. The Balaban J connectivity index is 1.72. The first-order chi connectivity index (χ1) is 14.3. The maximum Gasteiger partial charge on any atom is 0.319 e. The fraction of sp³-hybridized carbons (Fsp3) is 0.368. The highest BCUT2D eigenvalue weighted by Crippen LogP contribution is 2.23. The van der Waals surface area contributed by atoms with Crippen LogP contribution in [0.5, 0.6) is 0 Å². The molecule has 1 aromatic carbocycles. The van der Waals surface area contributed by atoms with Crippen LogP contribution in [0.2, 0.25) is 0 Å². The summed E-state index contributed by atoms with van der Waals surface area (Å²) >= 11 is 0. The first-order valence-electron chi connectivity index (χ1n) is 9.51. The Kier molecular flexibility index (Phi) is 6.75. The number of benzene rings is 1. The summed E-state index contributed by atoms with van der Waals surface area (Å²) in [6.45, 7) is 4.89. The van der Waals surface area contributed by atoms with Crippen molar-refractivity contribution in [2.45, 2.75) is 24.8 Å². The average Bonchev–Trinajstić information content (AvgIpc) is 3.21. The minimum atomic E-state index is -3.71. The van der Waals surface area contributed by atoms with Gasteiger partial charge < -0.3 is 25.7 Å². The number of hydrogen-bond donors (Lipinski definition) is 4. The van der Waals surface area contributed by atoms with Crippen LogP contribution in [-0.2, 0) is 14.8 Å². The molecule has 30 heavy (non-hydrogen) atoms. The molecule has 0 spiro atoms. The number of rotatable bonds is 6. The molecule has 0 radical (unpaired) electrons. The van der Waals surface area contributed by atoms with Crippen LogP contribution in [0.1, 0.15) is 24.3 Å². The van der Waals surface area contributed by atoms with Crippen LogP contribution in [0, 0.1) is 0 Å². The smallest absolute Gasteiger partial charge is 0.319 e. The number of aromatic nitrogens is 1. The number of nitrogens with one attached hydrogen (secondary N) is 4. The van der Waals surface area contributed by atoms with Gasteiger partial charge >= 0.3 is 6.03 Å². The van der Waals surface area contributed by atoms with E-state index < -0.39 is 22.0 Å². The normalized spacial score (nSPS) is 15.0. The molecule has 0 bridgehead atoms. The Morgan fingerprint density at radius 1 is 1.10 bits per heavy atom. The number of amides is 3. The van der Waals surface area contributed by atoms with Gasteiger partial charge in [-0.25, -0.2) is 13.2 Å². The number of para-hydroxylation sites is 2. The van der Waals surface area contributed by atoms with Gasteiger partial charge in [0.05, 0.1) is 24.6 Å². The zero-order valence-corrected chi connectivity index (χ0v) is 17.6. The molecule has 11 heteroatoms. The summed E-state index contributed by atoms with van der Waals surface area (Å²) in [4.78, 5) is 27.3. The van der Waals surface area contributed by atoms with Gasteiger partial charge in [0.2, 0.25) is 10.0 Å².